The quantitative estimate of drug-likeness (QED) is 0.736. The van der Waals surface area contributed by atoms with Crippen LogP contribution in [-0.4, -0.2) is 49.7 Å². The molecule has 2 bridgehead atoms. The Labute approximate surface area is 181 Å². The molecule has 3 heterocycles. The number of carbonyl (C=O) groups is 1. The zero-order valence-electron chi connectivity index (χ0n) is 17.7. The fourth-order valence-electron chi connectivity index (χ4n) is 4.59. The third kappa shape index (κ3) is 4.32. The lowest BCUT2D eigenvalue weighted by molar-refractivity contribution is 0.0594. The van der Waals surface area contributed by atoms with E-state index < -0.39 is 10.0 Å². The first-order chi connectivity index (χ1) is 14.8. The molecule has 2 atom stereocenters. The SMILES string of the molecule is CCCS(=O)(=O)Nc1ccc2n(c1=O)C[C@H]1C[C@@H]2CN(C(=O)c2ccc(OC)cc2)C1. The normalized spacial score (nSPS) is 20.1. The van der Waals surface area contributed by atoms with Crippen LogP contribution in [-0.2, 0) is 16.6 Å². The van der Waals surface area contributed by atoms with Crippen LogP contribution in [0.5, 0.6) is 5.75 Å². The Morgan fingerprint density at radius 2 is 1.87 bits per heavy atom. The second-order valence-corrected chi connectivity index (χ2v) is 10.1. The maximum atomic E-state index is 13.0. The molecule has 1 saturated heterocycles. The summed E-state index contributed by atoms with van der Waals surface area (Å²) in [7, 11) is -1.95. The van der Waals surface area contributed by atoms with Crippen molar-refractivity contribution in [2.45, 2.75) is 32.2 Å². The number of amides is 1. The molecule has 4 rings (SSSR count). The Morgan fingerprint density at radius 3 is 2.55 bits per heavy atom. The number of pyridine rings is 1. The molecule has 1 amide bonds. The fraction of sp³-hybridized carbons (Fsp3) is 0.455. The number of methoxy groups -OCH3 is 1. The van der Waals surface area contributed by atoms with E-state index >= 15 is 0 Å². The molecule has 1 aromatic heterocycles. The first-order valence-electron chi connectivity index (χ1n) is 10.5. The summed E-state index contributed by atoms with van der Waals surface area (Å²) in [6.45, 7) is 3.35. The van der Waals surface area contributed by atoms with Gasteiger partial charge in [-0.3, -0.25) is 14.3 Å². The van der Waals surface area contributed by atoms with Gasteiger partial charge in [-0.2, -0.15) is 0 Å². The standard InChI is InChI=1S/C22H27N3O5S/c1-3-10-31(28,29)23-19-8-9-20-17-11-15(13-25(20)22(19)27)12-24(14-17)21(26)16-4-6-18(30-2)7-5-16/h4-9,15,17,23H,3,10-14H2,1-2H3/t15-,17+/m0/s1. The molecule has 31 heavy (non-hydrogen) atoms. The van der Waals surface area contributed by atoms with Crippen molar-refractivity contribution in [3.05, 3.63) is 58.0 Å². The lowest BCUT2D eigenvalue weighted by Crippen LogP contribution is -2.49. The molecule has 2 aliphatic rings. The summed E-state index contributed by atoms with van der Waals surface area (Å²) in [5.41, 5.74) is 1.23. The zero-order valence-corrected chi connectivity index (χ0v) is 18.5. The Bertz CT molecular complexity index is 1140. The molecule has 0 spiro atoms. The molecule has 166 valence electrons. The minimum Gasteiger partial charge on any atom is -0.497 e. The molecular formula is C22H27N3O5S. The van der Waals surface area contributed by atoms with E-state index in [4.69, 9.17) is 4.74 Å². The smallest absolute Gasteiger partial charge is 0.275 e. The maximum absolute atomic E-state index is 13.0. The third-order valence-electron chi connectivity index (χ3n) is 5.97. The Kier molecular flexibility index (Phi) is 5.79. The van der Waals surface area contributed by atoms with E-state index in [2.05, 4.69) is 4.72 Å². The predicted octanol–water partition coefficient (Wildman–Crippen LogP) is 2.27. The molecule has 0 unspecified atom stereocenters. The highest BCUT2D eigenvalue weighted by Crippen LogP contribution is 2.36. The van der Waals surface area contributed by atoms with Crippen LogP contribution in [0.1, 0.15) is 41.7 Å². The van der Waals surface area contributed by atoms with E-state index in [1.165, 1.54) is 0 Å². The number of nitrogens with zero attached hydrogens (tertiary/aromatic N) is 2. The van der Waals surface area contributed by atoms with Crippen molar-refractivity contribution in [1.82, 2.24) is 9.47 Å². The molecule has 1 aromatic carbocycles. The highest BCUT2D eigenvalue weighted by Gasteiger charge is 2.37. The Hall–Kier alpha value is -2.81. The number of piperidine rings is 1. The molecule has 2 aliphatic heterocycles. The largest absolute Gasteiger partial charge is 0.497 e. The Balaban J connectivity index is 1.56. The summed E-state index contributed by atoms with van der Waals surface area (Å²) in [6, 6.07) is 10.4. The van der Waals surface area contributed by atoms with Gasteiger partial charge in [0.05, 0.1) is 12.9 Å². The van der Waals surface area contributed by atoms with E-state index in [9.17, 15) is 18.0 Å². The van der Waals surface area contributed by atoms with Crippen molar-refractivity contribution < 1.29 is 17.9 Å². The first-order valence-corrected chi connectivity index (χ1v) is 12.1. The van der Waals surface area contributed by atoms with Crippen LogP contribution in [0.4, 0.5) is 5.69 Å². The third-order valence-corrected chi connectivity index (χ3v) is 7.44. The number of hydrogen-bond donors (Lipinski definition) is 1. The van der Waals surface area contributed by atoms with Crippen LogP contribution in [0.25, 0.3) is 0 Å². The molecule has 2 aromatic rings. The molecule has 1 fully saturated rings. The minimum atomic E-state index is -3.53. The number of sulfonamides is 1. The maximum Gasteiger partial charge on any atom is 0.275 e. The van der Waals surface area contributed by atoms with Gasteiger partial charge in [0, 0.05) is 36.8 Å². The molecule has 9 heteroatoms. The molecule has 1 N–H and O–H groups in total. The van der Waals surface area contributed by atoms with Crippen LogP contribution >= 0.6 is 0 Å². The van der Waals surface area contributed by atoms with Crippen molar-refractivity contribution in [2.75, 3.05) is 30.7 Å². The number of rotatable bonds is 6. The summed E-state index contributed by atoms with van der Waals surface area (Å²) in [4.78, 5) is 27.8. The van der Waals surface area contributed by atoms with Gasteiger partial charge in [-0.05, 0) is 55.2 Å². The predicted molar refractivity (Wildman–Crippen MR) is 118 cm³/mol. The van der Waals surface area contributed by atoms with Gasteiger partial charge in [0.25, 0.3) is 11.5 Å². The lowest BCUT2D eigenvalue weighted by atomic mass is 9.83. The lowest BCUT2D eigenvalue weighted by Gasteiger charge is -2.43. The van der Waals surface area contributed by atoms with Crippen molar-refractivity contribution in [1.29, 1.82) is 0 Å². The number of ether oxygens (including phenoxy) is 1. The van der Waals surface area contributed by atoms with Crippen LogP contribution in [0.15, 0.2) is 41.2 Å². The fourth-order valence-corrected chi connectivity index (χ4v) is 5.72. The van der Waals surface area contributed by atoms with Gasteiger partial charge in [0.1, 0.15) is 11.4 Å². The number of aromatic nitrogens is 1. The molecule has 0 radical (unpaired) electrons. The van der Waals surface area contributed by atoms with E-state index in [1.54, 1.807) is 48.9 Å². The molecule has 8 nitrogen and oxygen atoms in total. The van der Waals surface area contributed by atoms with Crippen LogP contribution in [0.2, 0.25) is 0 Å². The average Bonchev–Trinajstić information content (AvgIpc) is 2.75. The number of nitrogens with one attached hydrogen (secondary N) is 1. The van der Waals surface area contributed by atoms with Crippen molar-refractivity contribution in [2.24, 2.45) is 5.92 Å². The molecule has 0 aliphatic carbocycles. The van der Waals surface area contributed by atoms with Gasteiger partial charge in [0.15, 0.2) is 0 Å². The number of carbonyl (C=O) groups excluding carboxylic acids is 1. The number of benzene rings is 1. The van der Waals surface area contributed by atoms with Crippen LogP contribution < -0.4 is 15.0 Å². The first kappa shape index (κ1) is 21.4. The monoisotopic (exact) mass is 445 g/mol. The number of fused-ring (bicyclic) bond motifs is 4. The summed E-state index contributed by atoms with van der Waals surface area (Å²) in [5.74, 6) is 0.835. The second-order valence-electron chi connectivity index (χ2n) is 8.25. The van der Waals surface area contributed by atoms with Gasteiger partial charge >= 0.3 is 0 Å². The Morgan fingerprint density at radius 1 is 1.13 bits per heavy atom. The van der Waals surface area contributed by atoms with E-state index in [0.29, 0.717) is 37.4 Å². The van der Waals surface area contributed by atoms with Crippen LogP contribution in [0.3, 0.4) is 0 Å². The summed E-state index contributed by atoms with van der Waals surface area (Å²) in [6.07, 6.45) is 1.39. The number of anilines is 1. The summed E-state index contributed by atoms with van der Waals surface area (Å²) < 4.78 is 33.5. The van der Waals surface area contributed by atoms with Crippen molar-refractivity contribution in [3.8, 4) is 5.75 Å². The highest BCUT2D eigenvalue weighted by molar-refractivity contribution is 7.92. The number of hydrogen-bond acceptors (Lipinski definition) is 5. The van der Waals surface area contributed by atoms with Crippen LogP contribution in [0, 0.1) is 5.92 Å². The minimum absolute atomic E-state index is 0.0259. The highest BCUT2D eigenvalue weighted by atomic mass is 32.2. The second kappa shape index (κ2) is 8.37. The van der Waals surface area contributed by atoms with Gasteiger partial charge in [-0.25, -0.2) is 8.42 Å². The van der Waals surface area contributed by atoms with E-state index in [1.807, 2.05) is 11.0 Å². The summed E-state index contributed by atoms with van der Waals surface area (Å²) >= 11 is 0. The molecule has 0 saturated carbocycles. The summed E-state index contributed by atoms with van der Waals surface area (Å²) in [5, 5.41) is 0. The topological polar surface area (TPSA) is 97.7 Å². The van der Waals surface area contributed by atoms with Gasteiger partial charge < -0.3 is 14.2 Å². The van der Waals surface area contributed by atoms with Gasteiger partial charge in [-0.1, -0.05) is 6.92 Å². The van der Waals surface area contributed by atoms with Gasteiger partial charge in [-0.15, -0.1) is 0 Å². The average molecular weight is 446 g/mol. The van der Waals surface area contributed by atoms with Crippen molar-refractivity contribution in [3.63, 3.8) is 0 Å². The number of likely N-dealkylation sites (tertiary alicyclic amines) is 1. The van der Waals surface area contributed by atoms with Gasteiger partial charge in [0.2, 0.25) is 10.0 Å². The van der Waals surface area contributed by atoms with E-state index in [0.717, 1.165) is 12.1 Å². The van der Waals surface area contributed by atoms with Crippen molar-refractivity contribution >= 4 is 21.6 Å². The molecular weight excluding hydrogens is 418 g/mol. The zero-order chi connectivity index (χ0) is 22.2. The van der Waals surface area contributed by atoms with E-state index in [-0.39, 0.29) is 34.7 Å².